The Morgan fingerprint density at radius 3 is 2.22 bits per heavy atom. The van der Waals surface area contributed by atoms with E-state index in [9.17, 15) is 32.6 Å². The van der Waals surface area contributed by atoms with Crippen LogP contribution in [0.15, 0.2) is 48.5 Å². The van der Waals surface area contributed by atoms with Crippen LogP contribution in [0.25, 0.3) is 0 Å². The van der Waals surface area contributed by atoms with Gasteiger partial charge in [-0.05, 0) is 48.9 Å². The number of carbonyl (C=O) groups is 1. The zero-order valence-corrected chi connectivity index (χ0v) is 20.0. The van der Waals surface area contributed by atoms with E-state index in [1.165, 1.54) is 29.2 Å². The molecule has 1 amide bonds. The van der Waals surface area contributed by atoms with E-state index < -0.39 is 40.5 Å². The van der Waals surface area contributed by atoms with E-state index in [1.807, 2.05) is 13.8 Å². The molecule has 4 rings (SSSR count). The molecule has 0 radical (unpaired) electrons. The first-order valence-electron chi connectivity index (χ1n) is 11.3. The summed E-state index contributed by atoms with van der Waals surface area (Å²) >= 11 is 0. The number of phenolic OH excluding ortho intramolecular Hbond substituents is 1. The van der Waals surface area contributed by atoms with Crippen molar-refractivity contribution in [2.75, 3.05) is 30.3 Å². The first kappa shape index (κ1) is 26.8. The molecule has 1 aliphatic heterocycles. The maximum Gasteiger partial charge on any atom is 0.256 e. The largest absolute Gasteiger partial charge is 0.508 e. The fraction of sp³-hybridized carbons (Fsp3) is 0.269. The molecule has 1 aliphatic rings. The van der Waals surface area contributed by atoms with Gasteiger partial charge in [-0.1, -0.05) is 19.9 Å². The number of rotatable bonds is 6. The molecule has 0 aliphatic carbocycles. The minimum absolute atomic E-state index is 0.0585. The maximum atomic E-state index is 14.6. The van der Waals surface area contributed by atoms with Gasteiger partial charge in [-0.2, -0.15) is 0 Å². The summed E-state index contributed by atoms with van der Waals surface area (Å²) in [5, 5.41) is 25.1. The van der Waals surface area contributed by atoms with Crippen molar-refractivity contribution < 1.29 is 32.6 Å². The summed E-state index contributed by atoms with van der Waals surface area (Å²) in [7, 11) is 0. The zero-order valence-electron chi connectivity index (χ0n) is 20.0. The van der Waals surface area contributed by atoms with E-state index in [2.05, 4.69) is 10.6 Å². The second-order valence-corrected chi connectivity index (χ2v) is 8.30. The highest BCUT2D eigenvalue weighted by Crippen LogP contribution is 2.32. The molecule has 0 saturated carbocycles. The molecule has 0 spiro atoms. The molecule has 10 heteroatoms. The molecule has 6 nitrogen and oxygen atoms in total. The molecule has 0 unspecified atom stereocenters. The molecule has 0 bridgehead atoms. The molecular formula is C26H27F4N3O3. The number of amides is 1. The van der Waals surface area contributed by atoms with E-state index in [0.717, 1.165) is 18.2 Å². The molecule has 3 aromatic rings. The summed E-state index contributed by atoms with van der Waals surface area (Å²) in [6.45, 7) is 5.25. The summed E-state index contributed by atoms with van der Waals surface area (Å²) in [4.78, 5) is 14.2. The minimum atomic E-state index is -1.39. The van der Waals surface area contributed by atoms with Crippen LogP contribution in [0.1, 0.15) is 29.8 Å². The third-order valence-electron chi connectivity index (χ3n) is 5.53. The normalized spacial score (nSPS) is 13.8. The third-order valence-corrected chi connectivity index (χ3v) is 5.53. The second-order valence-electron chi connectivity index (χ2n) is 8.30. The SMILES string of the molecule is CC.Cc1ccc(Nc2c(C(=O)N3CC(O)(CNc4ccc(O)cc4F)C3)ccc(F)c2F)c(F)c1. The number of β-amino-alcohol motifs (C(OH)–C–C–N with tert-alkyl or cyclic N) is 1. The number of nitrogens with one attached hydrogen (secondary N) is 2. The van der Waals surface area contributed by atoms with Crippen LogP contribution in [0.4, 0.5) is 34.6 Å². The standard InChI is InChI=1S/C24H21F4N3O3.C2H6/c1-13-2-6-20(17(26)8-13)30-22-15(4-5-16(25)21(22)28)23(33)31-11-24(34,12-31)10-29-19-7-3-14(32)9-18(19)27;1-2/h2-9,29-30,32,34H,10-12H2,1H3;1-2H3. The van der Waals surface area contributed by atoms with Gasteiger partial charge in [-0.3, -0.25) is 4.79 Å². The molecule has 4 N–H and O–H groups in total. The predicted octanol–water partition coefficient (Wildman–Crippen LogP) is 5.33. The average Bonchev–Trinajstić information content (AvgIpc) is 2.82. The van der Waals surface area contributed by atoms with Crippen molar-refractivity contribution in [3.63, 3.8) is 0 Å². The van der Waals surface area contributed by atoms with Crippen LogP contribution in [0, 0.1) is 30.2 Å². The van der Waals surface area contributed by atoms with Crippen molar-refractivity contribution in [3.8, 4) is 5.75 Å². The highest BCUT2D eigenvalue weighted by Gasteiger charge is 2.44. The van der Waals surface area contributed by atoms with Gasteiger partial charge in [0, 0.05) is 12.6 Å². The molecule has 1 heterocycles. The molecule has 3 aromatic carbocycles. The minimum Gasteiger partial charge on any atom is -0.508 e. The van der Waals surface area contributed by atoms with Gasteiger partial charge in [0.1, 0.15) is 23.0 Å². The highest BCUT2D eigenvalue weighted by molar-refractivity contribution is 6.01. The number of likely N-dealkylation sites (tertiary alicyclic amines) is 1. The van der Waals surface area contributed by atoms with Crippen LogP contribution in [-0.2, 0) is 0 Å². The van der Waals surface area contributed by atoms with E-state index in [0.29, 0.717) is 5.56 Å². The first-order valence-corrected chi connectivity index (χ1v) is 11.3. The molecule has 0 atom stereocenters. The van der Waals surface area contributed by atoms with Crippen molar-refractivity contribution in [3.05, 3.63) is 82.9 Å². The van der Waals surface area contributed by atoms with E-state index >= 15 is 0 Å². The lowest BCUT2D eigenvalue weighted by Crippen LogP contribution is -2.66. The van der Waals surface area contributed by atoms with Gasteiger partial charge in [-0.15, -0.1) is 0 Å². The summed E-state index contributed by atoms with van der Waals surface area (Å²) in [5.41, 5.74) is -1.60. The number of aromatic hydroxyl groups is 1. The Morgan fingerprint density at radius 2 is 1.58 bits per heavy atom. The Balaban J connectivity index is 0.00000176. The number of hydrogen-bond donors (Lipinski definition) is 4. The number of nitrogens with zero attached hydrogens (tertiary/aromatic N) is 1. The number of aryl methyl sites for hydroxylation is 1. The van der Waals surface area contributed by atoms with Crippen LogP contribution in [0.2, 0.25) is 0 Å². The van der Waals surface area contributed by atoms with Gasteiger partial charge >= 0.3 is 0 Å². The second kappa shape index (κ2) is 10.9. The fourth-order valence-electron chi connectivity index (χ4n) is 3.70. The molecule has 0 aromatic heterocycles. The number of carbonyl (C=O) groups excluding carboxylic acids is 1. The maximum absolute atomic E-state index is 14.6. The molecule has 1 saturated heterocycles. The predicted molar refractivity (Wildman–Crippen MR) is 130 cm³/mol. The Kier molecular flexibility index (Phi) is 8.09. The number of benzene rings is 3. The van der Waals surface area contributed by atoms with Crippen LogP contribution in [-0.4, -0.2) is 46.3 Å². The van der Waals surface area contributed by atoms with Crippen molar-refractivity contribution in [1.82, 2.24) is 4.90 Å². The zero-order chi connectivity index (χ0) is 26.6. The van der Waals surface area contributed by atoms with E-state index in [-0.39, 0.29) is 42.3 Å². The number of aliphatic hydroxyl groups is 1. The molecule has 1 fully saturated rings. The van der Waals surface area contributed by atoms with Crippen LogP contribution in [0.3, 0.4) is 0 Å². The van der Waals surface area contributed by atoms with Crippen molar-refractivity contribution in [2.45, 2.75) is 26.4 Å². The van der Waals surface area contributed by atoms with Crippen LogP contribution >= 0.6 is 0 Å². The summed E-state index contributed by atoms with van der Waals surface area (Å²) in [6, 6.07) is 9.50. The smallest absolute Gasteiger partial charge is 0.256 e. The van der Waals surface area contributed by atoms with Crippen LogP contribution in [0.5, 0.6) is 5.75 Å². The van der Waals surface area contributed by atoms with Gasteiger partial charge in [0.15, 0.2) is 11.6 Å². The van der Waals surface area contributed by atoms with Crippen molar-refractivity contribution in [2.24, 2.45) is 0 Å². The lowest BCUT2D eigenvalue weighted by atomic mass is 9.92. The van der Waals surface area contributed by atoms with E-state index in [1.54, 1.807) is 13.0 Å². The topological polar surface area (TPSA) is 84.8 Å². The summed E-state index contributed by atoms with van der Waals surface area (Å²) in [6.07, 6.45) is 0. The first-order chi connectivity index (χ1) is 17.1. The number of phenols is 1. The Labute approximate surface area is 206 Å². The molecular weight excluding hydrogens is 478 g/mol. The summed E-state index contributed by atoms with van der Waals surface area (Å²) in [5.74, 6) is -4.92. The summed E-state index contributed by atoms with van der Waals surface area (Å²) < 4.78 is 56.6. The van der Waals surface area contributed by atoms with Gasteiger partial charge in [0.05, 0.1) is 35.7 Å². The van der Waals surface area contributed by atoms with Crippen LogP contribution < -0.4 is 10.6 Å². The van der Waals surface area contributed by atoms with Gasteiger partial charge < -0.3 is 25.7 Å². The molecule has 36 heavy (non-hydrogen) atoms. The fourth-order valence-corrected chi connectivity index (χ4v) is 3.70. The number of hydrogen-bond acceptors (Lipinski definition) is 5. The lowest BCUT2D eigenvalue weighted by molar-refractivity contribution is -0.0707. The van der Waals surface area contributed by atoms with Gasteiger partial charge in [0.25, 0.3) is 5.91 Å². The average molecular weight is 506 g/mol. The highest BCUT2D eigenvalue weighted by atomic mass is 19.2. The molecule has 192 valence electrons. The number of anilines is 3. The van der Waals surface area contributed by atoms with Gasteiger partial charge in [-0.25, -0.2) is 17.6 Å². The third kappa shape index (κ3) is 5.71. The lowest BCUT2D eigenvalue weighted by Gasteiger charge is -2.46. The Hall–Kier alpha value is -3.79. The monoisotopic (exact) mass is 505 g/mol. The Bertz CT molecular complexity index is 1260. The Morgan fingerprint density at radius 1 is 0.944 bits per heavy atom. The quantitative estimate of drug-likeness (QED) is 0.269. The number of halogens is 4. The van der Waals surface area contributed by atoms with Crippen molar-refractivity contribution >= 4 is 23.0 Å². The van der Waals surface area contributed by atoms with Gasteiger partial charge in [0.2, 0.25) is 0 Å². The van der Waals surface area contributed by atoms with E-state index in [4.69, 9.17) is 0 Å². The van der Waals surface area contributed by atoms with Crippen molar-refractivity contribution in [1.29, 1.82) is 0 Å².